The van der Waals surface area contributed by atoms with Gasteiger partial charge in [-0.15, -0.1) is 0 Å². The average Bonchev–Trinajstić information content (AvgIpc) is 2.35. The van der Waals surface area contributed by atoms with Crippen LogP contribution in [-0.2, 0) is 10.0 Å². The van der Waals surface area contributed by atoms with Crippen LogP contribution < -0.4 is 5.32 Å². The van der Waals surface area contributed by atoms with Crippen molar-refractivity contribution >= 4 is 15.8 Å². The number of aromatic nitrogens is 1. The molecule has 1 unspecified atom stereocenters. The first-order valence-electron chi connectivity index (χ1n) is 6.22. The molecule has 6 nitrogen and oxygen atoms in total. The maximum atomic E-state index is 12.3. The lowest BCUT2D eigenvalue weighted by molar-refractivity contribution is 0.171. The second-order valence-electron chi connectivity index (χ2n) is 4.44. The standard InChI is InChI=1S/C12H21N3O3S/c1-4-6-13-12-8-11(5-7-14-12)19(17,18)15(3)9-10(2)16/h5,7-8,10,16H,4,6,9H2,1-3H3,(H,13,14). The van der Waals surface area contributed by atoms with Gasteiger partial charge in [0.2, 0.25) is 10.0 Å². The Kier molecular flexibility index (Phi) is 5.71. The highest BCUT2D eigenvalue weighted by Crippen LogP contribution is 2.17. The van der Waals surface area contributed by atoms with Crippen LogP contribution in [0.25, 0.3) is 0 Å². The van der Waals surface area contributed by atoms with Crippen molar-refractivity contribution in [2.75, 3.05) is 25.5 Å². The molecule has 0 saturated carbocycles. The number of hydrogen-bond acceptors (Lipinski definition) is 5. The van der Waals surface area contributed by atoms with Crippen molar-refractivity contribution in [3.8, 4) is 0 Å². The molecule has 2 N–H and O–H groups in total. The average molecular weight is 287 g/mol. The Morgan fingerprint density at radius 3 is 2.79 bits per heavy atom. The van der Waals surface area contributed by atoms with Gasteiger partial charge in [0.25, 0.3) is 0 Å². The molecule has 0 aliphatic rings. The summed E-state index contributed by atoms with van der Waals surface area (Å²) in [6.07, 6.45) is 1.68. The fourth-order valence-corrected chi connectivity index (χ4v) is 2.84. The van der Waals surface area contributed by atoms with Gasteiger partial charge in [-0.25, -0.2) is 13.4 Å². The monoisotopic (exact) mass is 287 g/mol. The van der Waals surface area contributed by atoms with Gasteiger partial charge >= 0.3 is 0 Å². The molecule has 0 aliphatic heterocycles. The number of sulfonamides is 1. The fraction of sp³-hybridized carbons (Fsp3) is 0.583. The summed E-state index contributed by atoms with van der Waals surface area (Å²) in [4.78, 5) is 4.24. The summed E-state index contributed by atoms with van der Waals surface area (Å²) in [6, 6.07) is 2.95. The smallest absolute Gasteiger partial charge is 0.243 e. The maximum absolute atomic E-state index is 12.3. The van der Waals surface area contributed by atoms with Crippen molar-refractivity contribution in [2.24, 2.45) is 0 Å². The van der Waals surface area contributed by atoms with Gasteiger partial charge in [-0.3, -0.25) is 0 Å². The van der Waals surface area contributed by atoms with Crippen molar-refractivity contribution in [1.29, 1.82) is 0 Å². The number of rotatable bonds is 7. The minimum absolute atomic E-state index is 0.0579. The van der Waals surface area contributed by atoms with Crippen molar-refractivity contribution < 1.29 is 13.5 Å². The van der Waals surface area contributed by atoms with Crippen molar-refractivity contribution in [2.45, 2.75) is 31.3 Å². The summed E-state index contributed by atoms with van der Waals surface area (Å²) >= 11 is 0. The van der Waals surface area contributed by atoms with Gasteiger partial charge < -0.3 is 10.4 Å². The minimum atomic E-state index is -3.59. The second-order valence-corrected chi connectivity index (χ2v) is 6.48. The lowest BCUT2D eigenvalue weighted by atomic mass is 10.4. The minimum Gasteiger partial charge on any atom is -0.392 e. The molecule has 0 bridgehead atoms. The quantitative estimate of drug-likeness (QED) is 0.779. The van der Waals surface area contributed by atoms with Gasteiger partial charge in [-0.05, 0) is 19.4 Å². The molecule has 0 spiro atoms. The van der Waals surface area contributed by atoms with Crippen LogP contribution in [0.4, 0.5) is 5.82 Å². The van der Waals surface area contributed by atoms with Crippen molar-refractivity contribution in [1.82, 2.24) is 9.29 Å². The zero-order chi connectivity index (χ0) is 14.5. The number of anilines is 1. The van der Waals surface area contributed by atoms with E-state index in [2.05, 4.69) is 10.3 Å². The van der Waals surface area contributed by atoms with E-state index in [9.17, 15) is 13.5 Å². The van der Waals surface area contributed by atoms with Crippen LogP contribution in [0, 0.1) is 0 Å². The van der Waals surface area contributed by atoms with E-state index in [0.717, 1.165) is 17.3 Å². The molecule has 0 saturated heterocycles. The van der Waals surface area contributed by atoms with Gasteiger partial charge in [0.15, 0.2) is 0 Å². The highest BCUT2D eigenvalue weighted by Gasteiger charge is 2.22. The van der Waals surface area contributed by atoms with E-state index in [0.29, 0.717) is 5.82 Å². The van der Waals surface area contributed by atoms with E-state index in [1.165, 1.54) is 25.4 Å². The van der Waals surface area contributed by atoms with Gasteiger partial charge in [-0.1, -0.05) is 6.92 Å². The second kappa shape index (κ2) is 6.83. The molecule has 1 atom stereocenters. The van der Waals surface area contributed by atoms with E-state index < -0.39 is 16.1 Å². The predicted octanol–water partition coefficient (Wildman–Crippen LogP) is 0.905. The highest BCUT2D eigenvalue weighted by atomic mass is 32.2. The molecule has 0 amide bonds. The lowest BCUT2D eigenvalue weighted by Crippen LogP contribution is -2.33. The fourth-order valence-electron chi connectivity index (χ4n) is 1.57. The molecule has 1 aromatic rings. The number of nitrogens with one attached hydrogen (secondary N) is 1. The molecular weight excluding hydrogens is 266 g/mol. The largest absolute Gasteiger partial charge is 0.392 e. The van der Waals surface area contributed by atoms with Crippen LogP contribution in [0.15, 0.2) is 23.2 Å². The summed E-state index contributed by atoms with van der Waals surface area (Å²) < 4.78 is 25.6. The SMILES string of the molecule is CCCNc1cc(S(=O)(=O)N(C)CC(C)O)ccn1. The predicted molar refractivity (Wildman–Crippen MR) is 74.5 cm³/mol. The first-order valence-corrected chi connectivity index (χ1v) is 7.66. The number of nitrogens with zero attached hydrogens (tertiary/aromatic N) is 2. The van der Waals surface area contributed by atoms with Crippen molar-refractivity contribution in [3.63, 3.8) is 0 Å². The summed E-state index contributed by atoms with van der Waals surface area (Å²) in [7, 11) is -2.14. The third-order valence-electron chi connectivity index (χ3n) is 2.52. The molecule has 1 heterocycles. The van der Waals surface area contributed by atoms with Gasteiger partial charge in [0, 0.05) is 32.4 Å². The first-order chi connectivity index (χ1) is 8.87. The molecule has 0 fully saturated rings. The Hall–Kier alpha value is -1.18. The molecule has 7 heteroatoms. The first kappa shape index (κ1) is 15.9. The van der Waals surface area contributed by atoms with Crippen LogP contribution in [0.2, 0.25) is 0 Å². The summed E-state index contributed by atoms with van der Waals surface area (Å²) in [6.45, 7) is 4.36. The van der Waals surface area contributed by atoms with Gasteiger partial charge in [0.05, 0.1) is 11.0 Å². The molecular formula is C12H21N3O3S. The normalized spacial score (nSPS) is 13.5. The van der Waals surface area contributed by atoms with Crippen LogP contribution in [0.1, 0.15) is 20.3 Å². The summed E-state index contributed by atoms with van der Waals surface area (Å²) in [5.74, 6) is 0.536. The topological polar surface area (TPSA) is 82.5 Å². The molecule has 0 aromatic carbocycles. The number of aliphatic hydroxyl groups excluding tert-OH is 1. The van der Waals surface area contributed by atoms with Gasteiger partial charge in [0.1, 0.15) is 5.82 Å². The maximum Gasteiger partial charge on any atom is 0.243 e. The Morgan fingerprint density at radius 2 is 2.21 bits per heavy atom. The van der Waals surface area contributed by atoms with Crippen LogP contribution in [0.3, 0.4) is 0 Å². The summed E-state index contributed by atoms with van der Waals surface area (Å²) in [5, 5.41) is 12.3. The molecule has 0 aliphatic carbocycles. The molecule has 0 radical (unpaired) electrons. The molecule has 1 aromatic heterocycles. The Balaban J connectivity index is 2.94. The molecule has 19 heavy (non-hydrogen) atoms. The van der Waals surface area contributed by atoms with E-state index in [4.69, 9.17) is 0 Å². The summed E-state index contributed by atoms with van der Waals surface area (Å²) in [5.41, 5.74) is 0. The number of pyridine rings is 1. The number of hydrogen-bond donors (Lipinski definition) is 2. The number of aliphatic hydroxyl groups is 1. The molecule has 1 rings (SSSR count). The zero-order valence-electron chi connectivity index (χ0n) is 11.5. The Labute approximate surface area is 114 Å². The Bertz CT molecular complexity index is 503. The van der Waals surface area contributed by atoms with Crippen molar-refractivity contribution in [3.05, 3.63) is 18.3 Å². The molecule has 108 valence electrons. The zero-order valence-corrected chi connectivity index (χ0v) is 12.3. The highest BCUT2D eigenvalue weighted by molar-refractivity contribution is 7.89. The third-order valence-corrected chi connectivity index (χ3v) is 4.34. The van der Waals surface area contributed by atoms with E-state index in [-0.39, 0.29) is 11.4 Å². The van der Waals surface area contributed by atoms with Crippen LogP contribution >= 0.6 is 0 Å². The van der Waals surface area contributed by atoms with Gasteiger partial charge in [-0.2, -0.15) is 4.31 Å². The third kappa shape index (κ3) is 4.45. The van der Waals surface area contributed by atoms with E-state index >= 15 is 0 Å². The van der Waals surface area contributed by atoms with E-state index in [1.54, 1.807) is 6.92 Å². The van der Waals surface area contributed by atoms with E-state index in [1.807, 2.05) is 6.92 Å². The van der Waals surface area contributed by atoms with Crippen LogP contribution in [-0.4, -0.2) is 49.1 Å². The lowest BCUT2D eigenvalue weighted by Gasteiger charge is -2.18. The van der Waals surface area contributed by atoms with Crippen LogP contribution in [0.5, 0.6) is 0 Å². The number of likely N-dealkylation sites (N-methyl/N-ethyl adjacent to an activating group) is 1. The Morgan fingerprint density at radius 1 is 1.53 bits per heavy atom.